The first kappa shape index (κ1) is 20.3. The first-order valence-corrected chi connectivity index (χ1v) is 10.5. The highest BCUT2D eigenvalue weighted by Gasteiger charge is 2.31. The normalized spacial score (nSPS) is 15.8. The molecule has 1 fully saturated rings. The zero-order valence-electron chi connectivity index (χ0n) is 17.3. The van der Waals surface area contributed by atoms with Gasteiger partial charge in [-0.15, -0.1) is 5.10 Å². The van der Waals surface area contributed by atoms with Gasteiger partial charge in [-0.3, -0.25) is 4.90 Å². The Morgan fingerprint density at radius 2 is 1.69 bits per heavy atom. The Balaban J connectivity index is 1.43. The Kier molecular flexibility index (Phi) is 5.64. The van der Waals surface area contributed by atoms with E-state index in [9.17, 15) is 8.78 Å². The highest BCUT2D eigenvalue weighted by Crippen LogP contribution is 2.30. The van der Waals surface area contributed by atoms with Gasteiger partial charge in [0.25, 0.3) is 0 Å². The average molecular weight is 436 g/mol. The van der Waals surface area contributed by atoms with Gasteiger partial charge in [-0.05, 0) is 52.4 Å². The van der Waals surface area contributed by atoms with Crippen molar-refractivity contribution < 1.29 is 13.2 Å². The average Bonchev–Trinajstić information content (AvgIpc) is 3.49. The standard InChI is InChI=1S/C23H22F2N6O/c24-18-9-7-17(8-10-18)22(23-26-27-28-31(23)16-19-4-3-15-32-19)30-13-11-29(12-14-30)21-6-2-1-5-20(21)25/h1-10,15,22H,11-14,16H2/t22-/m1/s1. The molecule has 1 atom stereocenters. The third-order valence-electron chi connectivity index (χ3n) is 5.75. The molecule has 5 rings (SSSR count). The number of tetrazole rings is 1. The van der Waals surface area contributed by atoms with Crippen LogP contribution in [0.5, 0.6) is 0 Å². The van der Waals surface area contributed by atoms with Gasteiger partial charge >= 0.3 is 0 Å². The minimum Gasteiger partial charge on any atom is -0.467 e. The summed E-state index contributed by atoms with van der Waals surface area (Å²) < 4.78 is 35.1. The number of piperazine rings is 1. The molecule has 3 heterocycles. The first-order chi connectivity index (χ1) is 15.7. The van der Waals surface area contributed by atoms with Crippen molar-refractivity contribution in [2.75, 3.05) is 31.1 Å². The number of nitrogens with zero attached hydrogens (tertiary/aromatic N) is 6. The zero-order valence-corrected chi connectivity index (χ0v) is 17.3. The van der Waals surface area contributed by atoms with Crippen LogP contribution in [0.1, 0.15) is 23.2 Å². The number of rotatable bonds is 6. The van der Waals surface area contributed by atoms with Gasteiger partial charge in [0.15, 0.2) is 5.82 Å². The Labute approximate surface area is 183 Å². The highest BCUT2D eigenvalue weighted by atomic mass is 19.1. The molecule has 164 valence electrons. The maximum absolute atomic E-state index is 14.3. The predicted octanol–water partition coefficient (Wildman–Crippen LogP) is 3.50. The van der Waals surface area contributed by atoms with Gasteiger partial charge in [-0.1, -0.05) is 24.3 Å². The van der Waals surface area contributed by atoms with Gasteiger partial charge in [-0.25, -0.2) is 13.5 Å². The van der Waals surface area contributed by atoms with Crippen LogP contribution in [-0.2, 0) is 6.54 Å². The maximum Gasteiger partial charge on any atom is 0.173 e. The van der Waals surface area contributed by atoms with E-state index in [2.05, 4.69) is 20.4 Å². The van der Waals surface area contributed by atoms with E-state index in [1.54, 1.807) is 35.2 Å². The molecule has 0 bridgehead atoms. The molecule has 4 aromatic rings. The molecule has 0 spiro atoms. The summed E-state index contributed by atoms with van der Waals surface area (Å²) in [5, 5.41) is 12.4. The lowest BCUT2D eigenvalue weighted by Crippen LogP contribution is -2.48. The van der Waals surface area contributed by atoms with Gasteiger partial charge in [0.2, 0.25) is 0 Å². The molecular weight excluding hydrogens is 414 g/mol. The van der Waals surface area contributed by atoms with Crippen molar-refractivity contribution in [2.24, 2.45) is 0 Å². The van der Waals surface area contributed by atoms with Gasteiger partial charge in [-0.2, -0.15) is 0 Å². The van der Waals surface area contributed by atoms with Gasteiger partial charge in [0.05, 0.1) is 18.0 Å². The lowest BCUT2D eigenvalue weighted by atomic mass is 10.0. The number of furan rings is 1. The Morgan fingerprint density at radius 3 is 2.41 bits per heavy atom. The fourth-order valence-corrected chi connectivity index (χ4v) is 4.17. The minimum absolute atomic E-state index is 0.224. The molecule has 1 aliphatic rings. The third kappa shape index (κ3) is 4.11. The van der Waals surface area contributed by atoms with Crippen LogP contribution >= 0.6 is 0 Å². The fraction of sp³-hybridized carbons (Fsp3) is 0.261. The van der Waals surface area contributed by atoms with Gasteiger partial charge < -0.3 is 9.32 Å². The second kappa shape index (κ2) is 8.88. The molecular formula is C23H22F2N6O. The Hall–Kier alpha value is -3.59. The summed E-state index contributed by atoms with van der Waals surface area (Å²) in [6.45, 7) is 3.03. The number of hydrogen-bond acceptors (Lipinski definition) is 6. The third-order valence-corrected chi connectivity index (χ3v) is 5.75. The van der Waals surface area contributed by atoms with E-state index in [0.29, 0.717) is 44.2 Å². The summed E-state index contributed by atoms with van der Waals surface area (Å²) >= 11 is 0. The molecule has 32 heavy (non-hydrogen) atoms. The van der Waals surface area contributed by atoms with Crippen molar-refractivity contribution in [1.29, 1.82) is 0 Å². The fourth-order valence-electron chi connectivity index (χ4n) is 4.17. The molecule has 0 N–H and O–H groups in total. The molecule has 0 radical (unpaired) electrons. The smallest absolute Gasteiger partial charge is 0.173 e. The summed E-state index contributed by atoms with van der Waals surface area (Å²) in [7, 11) is 0. The van der Waals surface area contributed by atoms with Crippen LogP contribution in [0.4, 0.5) is 14.5 Å². The van der Waals surface area contributed by atoms with Crippen molar-refractivity contribution in [2.45, 2.75) is 12.6 Å². The van der Waals surface area contributed by atoms with Crippen molar-refractivity contribution in [3.8, 4) is 0 Å². The molecule has 1 saturated heterocycles. The summed E-state index contributed by atoms with van der Waals surface area (Å²) in [5.41, 5.74) is 1.49. The zero-order chi connectivity index (χ0) is 21.9. The number of aromatic nitrogens is 4. The lowest BCUT2D eigenvalue weighted by molar-refractivity contribution is 0.200. The van der Waals surface area contributed by atoms with Crippen LogP contribution in [-0.4, -0.2) is 51.3 Å². The molecule has 0 unspecified atom stereocenters. The minimum atomic E-state index is -0.299. The number of halogens is 2. The lowest BCUT2D eigenvalue weighted by Gasteiger charge is -2.40. The summed E-state index contributed by atoms with van der Waals surface area (Å²) in [5.74, 6) is 0.860. The Morgan fingerprint density at radius 1 is 0.906 bits per heavy atom. The summed E-state index contributed by atoms with van der Waals surface area (Å²) in [6.07, 6.45) is 1.61. The van der Waals surface area contributed by atoms with E-state index >= 15 is 0 Å². The Bertz CT molecular complexity index is 1150. The van der Waals surface area contributed by atoms with E-state index in [1.807, 2.05) is 23.1 Å². The largest absolute Gasteiger partial charge is 0.467 e. The second-order valence-electron chi connectivity index (χ2n) is 7.70. The number of hydrogen-bond donors (Lipinski definition) is 0. The van der Waals surface area contributed by atoms with Crippen LogP contribution in [0.15, 0.2) is 71.3 Å². The SMILES string of the molecule is Fc1ccc([C@H](c2nnnn2Cc2ccco2)N2CCN(c3ccccc3F)CC2)cc1. The highest BCUT2D eigenvalue weighted by molar-refractivity contribution is 5.48. The van der Waals surface area contributed by atoms with Crippen LogP contribution in [0, 0.1) is 11.6 Å². The van der Waals surface area contributed by atoms with Crippen molar-refractivity contribution >= 4 is 5.69 Å². The van der Waals surface area contributed by atoms with E-state index in [4.69, 9.17) is 4.42 Å². The predicted molar refractivity (Wildman–Crippen MR) is 114 cm³/mol. The van der Waals surface area contributed by atoms with E-state index < -0.39 is 0 Å². The van der Waals surface area contributed by atoms with Gasteiger partial charge in [0.1, 0.15) is 23.9 Å². The molecule has 1 aliphatic heterocycles. The molecule has 7 nitrogen and oxygen atoms in total. The molecule has 9 heteroatoms. The summed E-state index contributed by atoms with van der Waals surface area (Å²) in [4.78, 5) is 4.29. The first-order valence-electron chi connectivity index (χ1n) is 10.5. The van der Waals surface area contributed by atoms with Crippen LogP contribution in [0.2, 0.25) is 0 Å². The van der Waals surface area contributed by atoms with Crippen LogP contribution in [0.25, 0.3) is 0 Å². The van der Waals surface area contributed by atoms with Crippen LogP contribution < -0.4 is 4.90 Å². The second-order valence-corrected chi connectivity index (χ2v) is 7.70. The molecule has 0 saturated carbocycles. The number of benzene rings is 2. The summed E-state index contributed by atoms with van der Waals surface area (Å²) in [6, 6.07) is 16.6. The monoisotopic (exact) mass is 436 g/mol. The van der Waals surface area contributed by atoms with Crippen molar-refractivity contribution in [1.82, 2.24) is 25.1 Å². The van der Waals surface area contributed by atoms with E-state index in [1.165, 1.54) is 18.2 Å². The van der Waals surface area contributed by atoms with Crippen molar-refractivity contribution in [3.63, 3.8) is 0 Å². The number of anilines is 1. The number of para-hydroxylation sites is 1. The molecule has 2 aromatic carbocycles. The molecule has 2 aromatic heterocycles. The maximum atomic E-state index is 14.3. The molecule has 0 aliphatic carbocycles. The van der Waals surface area contributed by atoms with Gasteiger partial charge in [0, 0.05) is 26.2 Å². The van der Waals surface area contributed by atoms with Crippen LogP contribution in [0.3, 0.4) is 0 Å². The topological polar surface area (TPSA) is 63.2 Å². The molecule has 0 amide bonds. The van der Waals surface area contributed by atoms with Crippen molar-refractivity contribution in [3.05, 3.63) is 95.7 Å². The van der Waals surface area contributed by atoms with E-state index in [0.717, 1.165) is 11.3 Å². The van der Waals surface area contributed by atoms with E-state index in [-0.39, 0.29) is 17.7 Å². The quantitative estimate of drug-likeness (QED) is 0.461.